The number of allylic oxidation sites excluding steroid dienone is 1. The summed E-state index contributed by atoms with van der Waals surface area (Å²) >= 11 is 0. The van der Waals surface area contributed by atoms with Gasteiger partial charge in [-0.3, -0.25) is 0 Å². The van der Waals surface area contributed by atoms with Gasteiger partial charge in [0.2, 0.25) is 0 Å². The molecule has 0 aromatic heterocycles. The van der Waals surface area contributed by atoms with Crippen LogP contribution in [0.15, 0.2) is 42.5 Å². The van der Waals surface area contributed by atoms with Crippen LogP contribution >= 0.6 is 0 Å². The highest BCUT2D eigenvalue weighted by Crippen LogP contribution is 1.98. The molecular formula is C12H17N. The Labute approximate surface area is 80.5 Å². The maximum atomic E-state index is 3.41. The molecule has 1 heteroatoms. The molecule has 0 amide bonds. The van der Waals surface area contributed by atoms with Crippen molar-refractivity contribution >= 4 is 0 Å². The second-order valence-electron chi connectivity index (χ2n) is 3.18. The molecule has 0 saturated carbocycles. The van der Waals surface area contributed by atoms with Crippen LogP contribution in [-0.2, 0) is 6.54 Å². The maximum absolute atomic E-state index is 3.41. The Morgan fingerprint density at radius 3 is 2.62 bits per heavy atom. The minimum Gasteiger partial charge on any atom is -0.307 e. The molecular weight excluding hydrogens is 158 g/mol. The Kier molecular flexibility index (Phi) is 4.27. The van der Waals surface area contributed by atoms with Crippen LogP contribution in [-0.4, -0.2) is 6.04 Å². The highest BCUT2D eigenvalue weighted by atomic mass is 14.9. The van der Waals surface area contributed by atoms with Crippen molar-refractivity contribution in [3.63, 3.8) is 0 Å². The standard InChI is InChI=1S/C12H17N/c1-3-7-11(2)13-10-12-8-5-4-6-9-12/h3-9,11,13H,10H2,1-2H3/t11-/m0/s1. The van der Waals surface area contributed by atoms with E-state index in [4.69, 9.17) is 0 Å². The van der Waals surface area contributed by atoms with Gasteiger partial charge in [0, 0.05) is 12.6 Å². The Hall–Kier alpha value is -1.08. The van der Waals surface area contributed by atoms with Crippen LogP contribution in [0.4, 0.5) is 0 Å². The second-order valence-corrected chi connectivity index (χ2v) is 3.18. The second kappa shape index (κ2) is 5.55. The topological polar surface area (TPSA) is 12.0 Å². The molecule has 1 N–H and O–H groups in total. The molecule has 0 spiro atoms. The third-order valence-electron chi connectivity index (χ3n) is 1.95. The lowest BCUT2D eigenvalue weighted by molar-refractivity contribution is 0.633. The maximum Gasteiger partial charge on any atom is 0.0224 e. The number of benzene rings is 1. The van der Waals surface area contributed by atoms with Crippen molar-refractivity contribution in [2.45, 2.75) is 26.4 Å². The molecule has 0 fully saturated rings. The van der Waals surface area contributed by atoms with Gasteiger partial charge in [0.1, 0.15) is 0 Å². The van der Waals surface area contributed by atoms with Crippen LogP contribution < -0.4 is 5.32 Å². The lowest BCUT2D eigenvalue weighted by Gasteiger charge is -2.08. The SMILES string of the molecule is CC=C[C@H](C)NCc1ccccc1. The lowest BCUT2D eigenvalue weighted by Crippen LogP contribution is -2.22. The fraction of sp³-hybridized carbons (Fsp3) is 0.333. The van der Waals surface area contributed by atoms with Gasteiger partial charge in [0.05, 0.1) is 0 Å². The highest BCUT2D eigenvalue weighted by molar-refractivity contribution is 5.14. The molecule has 0 saturated heterocycles. The van der Waals surface area contributed by atoms with E-state index in [1.165, 1.54) is 5.56 Å². The van der Waals surface area contributed by atoms with Crippen molar-refractivity contribution < 1.29 is 0 Å². The zero-order chi connectivity index (χ0) is 9.52. The minimum atomic E-state index is 0.449. The summed E-state index contributed by atoms with van der Waals surface area (Å²) in [5.74, 6) is 0. The van der Waals surface area contributed by atoms with E-state index in [1.807, 2.05) is 13.0 Å². The normalized spacial score (nSPS) is 13.4. The van der Waals surface area contributed by atoms with Crippen LogP contribution in [0.2, 0.25) is 0 Å². The van der Waals surface area contributed by atoms with E-state index in [0.717, 1.165) is 6.54 Å². The van der Waals surface area contributed by atoms with E-state index in [0.29, 0.717) is 6.04 Å². The fourth-order valence-corrected chi connectivity index (χ4v) is 1.23. The molecule has 1 rings (SSSR count). The summed E-state index contributed by atoms with van der Waals surface area (Å²) in [7, 11) is 0. The molecule has 0 aliphatic heterocycles. The van der Waals surface area contributed by atoms with Gasteiger partial charge >= 0.3 is 0 Å². The van der Waals surface area contributed by atoms with Gasteiger partial charge in [0.15, 0.2) is 0 Å². The van der Waals surface area contributed by atoms with Gasteiger partial charge in [-0.05, 0) is 19.4 Å². The van der Waals surface area contributed by atoms with Crippen LogP contribution in [0.25, 0.3) is 0 Å². The molecule has 13 heavy (non-hydrogen) atoms. The monoisotopic (exact) mass is 175 g/mol. The first-order chi connectivity index (χ1) is 6.33. The number of hydrogen-bond acceptors (Lipinski definition) is 1. The first-order valence-electron chi connectivity index (χ1n) is 4.73. The number of rotatable bonds is 4. The average Bonchev–Trinajstić information content (AvgIpc) is 2.17. The molecule has 1 atom stereocenters. The van der Waals surface area contributed by atoms with Crippen molar-refractivity contribution in [1.82, 2.24) is 5.32 Å². The molecule has 0 aliphatic carbocycles. The van der Waals surface area contributed by atoms with Crippen molar-refractivity contribution in [3.8, 4) is 0 Å². The molecule has 0 unspecified atom stereocenters. The zero-order valence-corrected chi connectivity index (χ0v) is 8.33. The summed E-state index contributed by atoms with van der Waals surface area (Å²) < 4.78 is 0. The summed E-state index contributed by atoms with van der Waals surface area (Å²) in [6.45, 7) is 5.13. The van der Waals surface area contributed by atoms with E-state index in [9.17, 15) is 0 Å². The lowest BCUT2D eigenvalue weighted by atomic mass is 10.2. The molecule has 0 radical (unpaired) electrons. The van der Waals surface area contributed by atoms with E-state index in [2.05, 4.69) is 48.7 Å². The Morgan fingerprint density at radius 2 is 2.00 bits per heavy atom. The zero-order valence-electron chi connectivity index (χ0n) is 8.33. The first-order valence-corrected chi connectivity index (χ1v) is 4.73. The minimum absolute atomic E-state index is 0.449. The predicted octanol–water partition coefficient (Wildman–Crippen LogP) is 2.74. The summed E-state index contributed by atoms with van der Waals surface area (Å²) in [4.78, 5) is 0. The average molecular weight is 175 g/mol. The van der Waals surface area contributed by atoms with Crippen molar-refractivity contribution in [1.29, 1.82) is 0 Å². The molecule has 0 aliphatic rings. The van der Waals surface area contributed by atoms with Crippen LogP contribution in [0.5, 0.6) is 0 Å². The number of hydrogen-bond donors (Lipinski definition) is 1. The molecule has 1 nitrogen and oxygen atoms in total. The molecule has 1 aromatic carbocycles. The van der Waals surface area contributed by atoms with Gasteiger partial charge in [-0.25, -0.2) is 0 Å². The molecule has 1 aromatic rings. The summed E-state index contributed by atoms with van der Waals surface area (Å²) in [6, 6.07) is 10.9. The van der Waals surface area contributed by atoms with E-state index in [-0.39, 0.29) is 0 Å². The van der Waals surface area contributed by atoms with Crippen molar-refractivity contribution in [3.05, 3.63) is 48.0 Å². The highest BCUT2D eigenvalue weighted by Gasteiger charge is 1.94. The summed E-state index contributed by atoms with van der Waals surface area (Å²) in [5, 5.41) is 3.41. The third kappa shape index (κ3) is 3.90. The van der Waals surface area contributed by atoms with Crippen LogP contribution in [0.3, 0.4) is 0 Å². The fourth-order valence-electron chi connectivity index (χ4n) is 1.23. The van der Waals surface area contributed by atoms with Crippen LogP contribution in [0.1, 0.15) is 19.4 Å². The third-order valence-corrected chi connectivity index (χ3v) is 1.95. The quantitative estimate of drug-likeness (QED) is 0.694. The van der Waals surface area contributed by atoms with E-state index in [1.54, 1.807) is 0 Å². The van der Waals surface area contributed by atoms with E-state index >= 15 is 0 Å². The first kappa shape index (κ1) is 10.0. The summed E-state index contributed by atoms with van der Waals surface area (Å²) in [5.41, 5.74) is 1.33. The van der Waals surface area contributed by atoms with Crippen LogP contribution in [0, 0.1) is 0 Å². The van der Waals surface area contributed by atoms with Gasteiger partial charge < -0.3 is 5.32 Å². The molecule has 0 bridgehead atoms. The van der Waals surface area contributed by atoms with Gasteiger partial charge in [-0.1, -0.05) is 42.5 Å². The Morgan fingerprint density at radius 1 is 1.31 bits per heavy atom. The largest absolute Gasteiger partial charge is 0.307 e. The van der Waals surface area contributed by atoms with Gasteiger partial charge in [0.25, 0.3) is 0 Å². The molecule has 70 valence electrons. The molecule has 0 heterocycles. The van der Waals surface area contributed by atoms with E-state index < -0.39 is 0 Å². The summed E-state index contributed by atoms with van der Waals surface area (Å²) in [6.07, 6.45) is 4.23. The number of nitrogens with one attached hydrogen (secondary N) is 1. The Bertz CT molecular complexity index is 251. The van der Waals surface area contributed by atoms with Crippen molar-refractivity contribution in [2.24, 2.45) is 0 Å². The van der Waals surface area contributed by atoms with Crippen molar-refractivity contribution in [2.75, 3.05) is 0 Å². The van der Waals surface area contributed by atoms with Gasteiger partial charge in [-0.2, -0.15) is 0 Å². The van der Waals surface area contributed by atoms with Gasteiger partial charge in [-0.15, -0.1) is 0 Å². The Balaban J connectivity index is 2.35. The predicted molar refractivity (Wildman–Crippen MR) is 57.6 cm³/mol. The smallest absolute Gasteiger partial charge is 0.0224 e.